The van der Waals surface area contributed by atoms with Gasteiger partial charge in [0.1, 0.15) is 5.01 Å². The van der Waals surface area contributed by atoms with Gasteiger partial charge in [0.25, 0.3) is 0 Å². The SMILES string of the molecule is CCCNC(CCSC)c1nc(C(C)C)cs1. The Balaban J connectivity index is 2.65. The molecule has 1 unspecified atom stereocenters. The molecule has 17 heavy (non-hydrogen) atoms. The lowest BCUT2D eigenvalue weighted by atomic mass is 10.1. The Morgan fingerprint density at radius 1 is 1.47 bits per heavy atom. The van der Waals surface area contributed by atoms with Gasteiger partial charge in [0.15, 0.2) is 0 Å². The highest BCUT2D eigenvalue weighted by atomic mass is 32.2. The zero-order valence-electron chi connectivity index (χ0n) is 11.3. The second-order valence-electron chi connectivity index (χ2n) is 4.55. The molecule has 1 heterocycles. The lowest BCUT2D eigenvalue weighted by Crippen LogP contribution is -2.22. The summed E-state index contributed by atoms with van der Waals surface area (Å²) >= 11 is 3.71. The van der Waals surface area contributed by atoms with Gasteiger partial charge < -0.3 is 5.32 Å². The molecule has 1 aromatic heterocycles. The van der Waals surface area contributed by atoms with Crippen molar-refractivity contribution in [3.8, 4) is 0 Å². The van der Waals surface area contributed by atoms with E-state index in [1.165, 1.54) is 29.3 Å². The van der Waals surface area contributed by atoms with E-state index in [9.17, 15) is 0 Å². The summed E-state index contributed by atoms with van der Waals surface area (Å²) in [5.74, 6) is 1.73. The molecule has 0 saturated heterocycles. The van der Waals surface area contributed by atoms with Crippen LogP contribution in [0.1, 0.15) is 56.3 Å². The molecule has 2 nitrogen and oxygen atoms in total. The van der Waals surface area contributed by atoms with Gasteiger partial charge in [-0.1, -0.05) is 20.8 Å². The molecule has 0 spiro atoms. The van der Waals surface area contributed by atoms with Crippen molar-refractivity contribution in [1.29, 1.82) is 0 Å². The quantitative estimate of drug-likeness (QED) is 0.772. The monoisotopic (exact) mass is 272 g/mol. The van der Waals surface area contributed by atoms with Crippen LogP contribution in [0.25, 0.3) is 0 Å². The Labute approximate surface area is 114 Å². The number of thiazole rings is 1. The van der Waals surface area contributed by atoms with Gasteiger partial charge in [0, 0.05) is 5.38 Å². The van der Waals surface area contributed by atoms with Gasteiger partial charge in [0.2, 0.25) is 0 Å². The van der Waals surface area contributed by atoms with E-state index in [2.05, 4.69) is 37.7 Å². The fourth-order valence-corrected chi connectivity index (χ4v) is 3.15. The maximum Gasteiger partial charge on any atom is 0.110 e. The van der Waals surface area contributed by atoms with Crippen LogP contribution in [-0.4, -0.2) is 23.5 Å². The minimum atomic E-state index is 0.444. The van der Waals surface area contributed by atoms with E-state index in [1.54, 1.807) is 11.3 Å². The van der Waals surface area contributed by atoms with Crippen LogP contribution in [0.15, 0.2) is 5.38 Å². The molecule has 0 aromatic carbocycles. The maximum absolute atomic E-state index is 4.76. The van der Waals surface area contributed by atoms with Crippen LogP contribution in [0, 0.1) is 0 Å². The van der Waals surface area contributed by atoms with Gasteiger partial charge in [-0.25, -0.2) is 4.98 Å². The first-order valence-electron chi connectivity index (χ1n) is 6.36. The third-order valence-electron chi connectivity index (χ3n) is 2.68. The number of thioether (sulfide) groups is 1. The molecule has 0 aliphatic heterocycles. The third-order valence-corrected chi connectivity index (χ3v) is 4.30. The summed E-state index contributed by atoms with van der Waals surface area (Å²) < 4.78 is 0. The molecule has 0 aliphatic carbocycles. The summed E-state index contributed by atoms with van der Waals surface area (Å²) in [6.07, 6.45) is 4.52. The first kappa shape index (κ1) is 15.0. The van der Waals surface area contributed by atoms with Gasteiger partial charge in [-0.05, 0) is 37.3 Å². The van der Waals surface area contributed by atoms with Crippen molar-refractivity contribution in [2.45, 2.75) is 45.6 Å². The van der Waals surface area contributed by atoms with Crippen molar-refractivity contribution in [1.82, 2.24) is 10.3 Å². The molecule has 4 heteroatoms. The van der Waals surface area contributed by atoms with E-state index in [4.69, 9.17) is 4.98 Å². The fraction of sp³-hybridized carbons (Fsp3) is 0.769. The predicted octanol–water partition coefficient (Wildman–Crippen LogP) is 4.06. The van der Waals surface area contributed by atoms with Crippen molar-refractivity contribution >= 4 is 23.1 Å². The highest BCUT2D eigenvalue weighted by Crippen LogP contribution is 2.25. The fourth-order valence-electron chi connectivity index (χ4n) is 1.59. The van der Waals surface area contributed by atoms with E-state index in [1.807, 2.05) is 11.8 Å². The molecule has 0 bridgehead atoms. The van der Waals surface area contributed by atoms with Crippen molar-refractivity contribution in [2.24, 2.45) is 0 Å². The Kier molecular flexibility index (Phi) is 7.16. The summed E-state index contributed by atoms with van der Waals surface area (Å²) in [5.41, 5.74) is 1.23. The summed E-state index contributed by atoms with van der Waals surface area (Å²) in [6.45, 7) is 7.69. The Morgan fingerprint density at radius 3 is 2.76 bits per heavy atom. The van der Waals surface area contributed by atoms with Crippen LogP contribution in [0.4, 0.5) is 0 Å². The van der Waals surface area contributed by atoms with Crippen LogP contribution in [-0.2, 0) is 0 Å². The number of aromatic nitrogens is 1. The van der Waals surface area contributed by atoms with Crippen LogP contribution >= 0.6 is 23.1 Å². The average Bonchev–Trinajstić information content (AvgIpc) is 2.79. The summed E-state index contributed by atoms with van der Waals surface area (Å²) in [6, 6.07) is 0.444. The second-order valence-corrected chi connectivity index (χ2v) is 6.43. The minimum Gasteiger partial charge on any atom is -0.308 e. The molecule has 1 atom stereocenters. The number of nitrogens with zero attached hydrogens (tertiary/aromatic N) is 1. The number of hydrogen-bond acceptors (Lipinski definition) is 4. The molecule has 98 valence electrons. The van der Waals surface area contributed by atoms with E-state index in [0.29, 0.717) is 12.0 Å². The van der Waals surface area contributed by atoms with Gasteiger partial charge in [-0.15, -0.1) is 11.3 Å². The highest BCUT2D eigenvalue weighted by Gasteiger charge is 2.15. The number of hydrogen-bond donors (Lipinski definition) is 1. The Bertz CT molecular complexity index is 302. The standard InChI is InChI=1S/C13H24N2S2/c1-5-7-14-11(6-8-16-4)13-15-12(9-17-13)10(2)3/h9-11,14H,5-8H2,1-4H3. The normalized spacial score (nSPS) is 13.2. The molecule has 1 N–H and O–H groups in total. The molecule has 0 fully saturated rings. The first-order valence-corrected chi connectivity index (χ1v) is 8.64. The van der Waals surface area contributed by atoms with E-state index < -0.39 is 0 Å². The summed E-state index contributed by atoms with van der Waals surface area (Å²) in [5, 5.41) is 7.08. The van der Waals surface area contributed by atoms with Crippen LogP contribution in [0.5, 0.6) is 0 Å². The van der Waals surface area contributed by atoms with E-state index in [-0.39, 0.29) is 0 Å². The molecule has 0 saturated carbocycles. The molecular formula is C13H24N2S2. The first-order chi connectivity index (χ1) is 8.19. The zero-order valence-corrected chi connectivity index (χ0v) is 13.0. The van der Waals surface area contributed by atoms with Gasteiger partial charge in [-0.2, -0.15) is 11.8 Å². The van der Waals surface area contributed by atoms with E-state index >= 15 is 0 Å². The molecule has 1 rings (SSSR count). The summed E-state index contributed by atoms with van der Waals surface area (Å²) in [7, 11) is 0. The number of nitrogens with one attached hydrogen (secondary N) is 1. The predicted molar refractivity (Wildman–Crippen MR) is 80.2 cm³/mol. The molecule has 0 aliphatic rings. The second kappa shape index (κ2) is 8.11. The van der Waals surface area contributed by atoms with Gasteiger partial charge in [0.05, 0.1) is 11.7 Å². The molecule has 0 radical (unpaired) electrons. The van der Waals surface area contributed by atoms with Crippen LogP contribution < -0.4 is 5.32 Å². The van der Waals surface area contributed by atoms with Crippen LogP contribution in [0.2, 0.25) is 0 Å². The zero-order chi connectivity index (χ0) is 12.7. The average molecular weight is 272 g/mol. The number of rotatable bonds is 8. The molecular weight excluding hydrogens is 248 g/mol. The molecule has 1 aromatic rings. The topological polar surface area (TPSA) is 24.9 Å². The Morgan fingerprint density at radius 2 is 2.24 bits per heavy atom. The van der Waals surface area contributed by atoms with Crippen molar-refractivity contribution in [3.05, 3.63) is 16.1 Å². The largest absolute Gasteiger partial charge is 0.308 e. The summed E-state index contributed by atoms with van der Waals surface area (Å²) in [4.78, 5) is 4.76. The van der Waals surface area contributed by atoms with E-state index in [0.717, 1.165) is 6.54 Å². The third kappa shape index (κ3) is 4.98. The lowest BCUT2D eigenvalue weighted by molar-refractivity contribution is 0.517. The van der Waals surface area contributed by atoms with Crippen molar-refractivity contribution in [2.75, 3.05) is 18.6 Å². The molecule has 0 amide bonds. The Hall–Kier alpha value is -0.0600. The van der Waals surface area contributed by atoms with Crippen LogP contribution in [0.3, 0.4) is 0 Å². The minimum absolute atomic E-state index is 0.444. The van der Waals surface area contributed by atoms with Gasteiger partial charge in [-0.3, -0.25) is 0 Å². The van der Waals surface area contributed by atoms with Gasteiger partial charge >= 0.3 is 0 Å². The maximum atomic E-state index is 4.76. The smallest absolute Gasteiger partial charge is 0.110 e. The highest BCUT2D eigenvalue weighted by molar-refractivity contribution is 7.98. The van der Waals surface area contributed by atoms with Crippen molar-refractivity contribution < 1.29 is 0 Å². The van der Waals surface area contributed by atoms with Crippen molar-refractivity contribution in [3.63, 3.8) is 0 Å². The lowest BCUT2D eigenvalue weighted by Gasteiger charge is -2.15.